The summed E-state index contributed by atoms with van der Waals surface area (Å²) >= 11 is 11.9. The molecule has 4 nitrogen and oxygen atoms in total. The molecule has 20 heavy (non-hydrogen) atoms. The molecule has 0 heterocycles. The Morgan fingerprint density at radius 2 is 2.10 bits per heavy atom. The van der Waals surface area contributed by atoms with E-state index in [-0.39, 0.29) is 18.6 Å². The predicted octanol–water partition coefficient (Wildman–Crippen LogP) is 3.04. The molecule has 112 valence electrons. The number of aliphatic hydroxyl groups is 1. The van der Waals surface area contributed by atoms with Crippen molar-refractivity contribution in [1.82, 2.24) is 5.32 Å². The van der Waals surface area contributed by atoms with Gasteiger partial charge in [-0.1, -0.05) is 29.3 Å². The molecular weight excluding hydrogens is 301 g/mol. The first-order valence-electron chi connectivity index (χ1n) is 6.47. The highest BCUT2D eigenvalue weighted by Crippen LogP contribution is 2.32. The van der Waals surface area contributed by atoms with Crippen LogP contribution in [0, 0.1) is 0 Å². The summed E-state index contributed by atoms with van der Waals surface area (Å²) in [5.41, 5.74) is 0. The van der Waals surface area contributed by atoms with E-state index < -0.39 is 6.10 Å². The van der Waals surface area contributed by atoms with Gasteiger partial charge in [0.15, 0.2) is 6.10 Å². The Kier molecular flexibility index (Phi) is 7.13. The molecule has 2 N–H and O–H groups in total. The molecule has 2 unspecified atom stereocenters. The van der Waals surface area contributed by atoms with Crippen LogP contribution in [0.5, 0.6) is 5.75 Å². The van der Waals surface area contributed by atoms with Crippen LogP contribution >= 0.6 is 23.2 Å². The fourth-order valence-corrected chi connectivity index (χ4v) is 1.99. The lowest BCUT2D eigenvalue weighted by Crippen LogP contribution is -2.41. The zero-order chi connectivity index (χ0) is 15.1. The molecule has 0 bridgehead atoms. The van der Waals surface area contributed by atoms with Crippen LogP contribution < -0.4 is 10.1 Å². The van der Waals surface area contributed by atoms with Crippen LogP contribution in [0.1, 0.15) is 26.7 Å². The molecule has 0 fully saturated rings. The molecule has 0 aliphatic heterocycles. The molecule has 0 aromatic heterocycles. The number of amides is 1. The number of hydrogen-bond donors (Lipinski definition) is 2. The van der Waals surface area contributed by atoms with Crippen molar-refractivity contribution in [3.63, 3.8) is 0 Å². The van der Waals surface area contributed by atoms with Gasteiger partial charge in [-0.3, -0.25) is 4.79 Å². The van der Waals surface area contributed by atoms with Crippen LogP contribution in [-0.4, -0.2) is 29.8 Å². The Labute approximate surface area is 129 Å². The first kappa shape index (κ1) is 17.1. The molecule has 1 amide bonds. The van der Waals surface area contributed by atoms with Gasteiger partial charge in [0.05, 0.1) is 5.02 Å². The van der Waals surface area contributed by atoms with Gasteiger partial charge in [-0.2, -0.15) is 0 Å². The summed E-state index contributed by atoms with van der Waals surface area (Å²) in [6, 6.07) is 5.00. The maximum atomic E-state index is 11.9. The first-order valence-corrected chi connectivity index (χ1v) is 7.23. The topological polar surface area (TPSA) is 58.6 Å². The third kappa shape index (κ3) is 5.19. The van der Waals surface area contributed by atoms with Gasteiger partial charge in [0.1, 0.15) is 10.8 Å². The molecule has 0 saturated heterocycles. The van der Waals surface area contributed by atoms with Crippen LogP contribution in [0.15, 0.2) is 18.2 Å². The maximum absolute atomic E-state index is 11.9. The SMILES string of the molecule is CC(CCCO)NC(=O)C(C)Oc1cccc(Cl)c1Cl. The highest BCUT2D eigenvalue weighted by molar-refractivity contribution is 6.42. The Morgan fingerprint density at radius 3 is 2.75 bits per heavy atom. The number of halogens is 2. The molecule has 0 radical (unpaired) electrons. The van der Waals surface area contributed by atoms with E-state index in [2.05, 4.69) is 5.32 Å². The van der Waals surface area contributed by atoms with E-state index in [1.54, 1.807) is 25.1 Å². The molecule has 0 saturated carbocycles. The summed E-state index contributed by atoms with van der Waals surface area (Å²) in [5.74, 6) is 0.149. The van der Waals surface area contributed by atoms with Gasteiger partial charge in [0.25, 0.3) is 5.91 Å². The number of benzene rings is 1. The summed E-state index contributed by atoms with van der Waals surface area (Å²) in [7, 11) is 0. The minimum absolute atomic E-state index is 0.0180. The Balaban J connectivity index is 2.55. The lowest BCUT2D eigenvalue weighted by atomic mass is 10.2. The second-order valence-corrected chi connectivity index (χ2v) is 5.37. The first-order chi connectivity index (χ1) is 9.45. The van der Waals surface area contributed by atoms with E-state index in [0.717, 1.165) is 0 Å². The Hall–Kier alpha value is -0.970. The summed E-state index contributed by atoms with van der Waals surface area (Å²) in [4.78, 5) is 11.9. The normalized spacial score (nSPS) is 13.7. The van der Waals surface area contributed by atoms with Crippen LogP contribution in [-0.2, 0) is 4.79 Å². The van der Waals surface area contributed by atoms with Crippen molar-refractivity contribution in [3.8, 4) is 5.75 Å². The van der Waals surface area contributed by atoms with Crippen LogP contribution in [0.4, 0.5) is 0 Å². The number of rotatable bonds is 7. The van der Waals surface area contributed by atoms with Crippen molar-refractivity contribution < 1.29 is 14.6 Å². The highest BCUT2D eigenvalue weighted by atomic mass is 35.5. The van der Waals surface area contributed by atoms with Crippen LogP contribution in [0.3, 0.4) is 0 Å². The number of nitrogens with one attached hydrogen (secondary N) is 1. The number of aliphatic hydroxyl groups excluding tert-OH is 1. The molecule has 1 aromatic carbocycles. The zero-order valence-corrected chi connectivity index (χ0v) is 13.0. The van der Waals surface area contributed by atoms with Gasteiger partial charge in [-0.25, -0.2) is 0 Å². The van der Waals surface area contributed by atoms with E-state index >= 15 is 0 Å². The standard InChI is InChI=1S/C14H19Cl2NO3/c1-9(5-4-8-18)17-14(19)10(2)20-12-7-3-6-11(15)13(12)16/h3,6-7,9-10,18H,4-5,8H2,1-2H3,(H,17,19). The minimum Gasteiger partial charge on any atom is -0.479 e. The van der Waals surface area contributed by atoms with Crippen molar-refractivity contribution in [1.29, 1.82) is 0 Å². The van der Waals surface area contributed by atoms with Gasteiger partial charge >= 0.3 is 0 Å². The fourth-order valence-electron chi connectivity index (χ4n) is 1.65. The van der Waals surface area contributed by atoms with Crippen molar-refractivity contribution in [3.05, 3.63) is 28.2 Å². The van der Waals surface area contributed by atoms with Crippen LogP contribution in [0.2, 0.25) is 10.0 Å². The maximum Gasteiger partial charge on any atom is 0.260 e. The highest BCUT2D eigenvalue weighted by Gasteiger charge is 2.18. The van der Waals surface area contributed by atoms with E-state index in [1.807, 2.05) is 6.92 Å². The Bertz CT molecular complexity index is 454. The van der Waals surface area contributed by atoms with Crippen molar-refractivity contribution in [2.45, 2.75) is 38.8 Å². The molecule has 6 heteroatoms. The molecule has 0 aliphatic rings. The number of hydrogen-bond acceptors (Lipinski definition) is 3. The van der Waals surface area contributed by atoms with Gasteiger partial charge in [-0.05, 0) is 38.8 Å². The lowest BCUT2D eigenvalue weighted by molar-refractivity contribution is -0.127. The predicted molar refractivity (Wildman–Crippen MR) is 80.5 cm³/mol. The second-order valence-electron chi connectivity index (χ2n) is 4.59. The third-order valence-corrected chi connectivity index (χ3v) is 3.57. The zero-order valence-electron chi connectivity index (χ0n) is 11.5. The van der Waals surface area contributed by atoms with Crippen molar-refractivity contribution >= 4 is 29.1 Å². The van der Waals surface area contributed by atoms with E-state index in [0.29, 0.717) is 28.6 Å². The number of carbonyl (C=O) groups excluding carboxylic acids is 1. The van der Waals surface area contributed by atoms with Crippen molar-refractivity contribution in [2.24, 2.45) is 0 Å². The second kappa shape index (κ2) is 8.35. The van der Waals surface area contributed by atoms with Gasteiger partial charge < -0.3 is 15.2 Å². The quantitative estimate of drug-likeness (QED) is 0.812. The van der Waals surface area contributed by atoms with E-state index in [1.165, 1.54) is 0 Å². The molecule has 0 spiro atoms. The average molecular weight is 320 g/mol. The third-order valence-electron chi connectivity index (χ3n) is 2.77. The summed E-state index contributed by atoms with van der Waals surface area (Å²) in [5, 5.41) is 12.2. The van der Waals surface area contributed by atoms with Crippen LogP contribution in [0.25, 0.3) is 0 Å². The number of ether oxygens (including phenoxy) is 1. The van der Waals surface area contributed by atoms with Gasteiger partial charge in [0.2, 0.25) is 0 Å². The summed E-state index contributed by atoms with van der Waals surface area (Å²) in [6.45, 7) is 3.64. The minimum atomic E-state index is -0.678. The van der Waals surface area contributed by atoms with Crippen molar-refractivity contribution in [2.75, 3.05) is 6.61 Å². The lowest BCUT2D eigenvalue weighted by Gasteiger charge is -2.19. The largest absolute Gasteiger partial charge is 0.479 e. The monoisotopic (exact) mass is 319 g/mol. The van der Waals surface area contributed by atoms with E-state index in [4.69, 9.17) is 33.0 Å². The molecule has 1 aromatic rings. The van der Waals surface area contributed by atoms with Gasteiger partial charge in [0, 0.05) is 12.6 Å². The van der Waals surface area contributed by atoms with Gasteiger partial charge in [-0.15, -0.1) is 0 Å². The summed E-state index contributed by atoms with van der Waals surface area (Å²) < 4.78 is 5.52. The number of carbonyl (C=O) groups is 1. The molecule has 1 rings (SSSR count). The molecular formula is C14H19Cl2NO3. The fraction of sp³-hybridized carbons (Fsp3) is 0.500. The van der Waals surface area contributed by atoms with E-state index in [9.17, 15) is 4.79 Å². The smallest absolute Gasteiger partial charge is 0.260 e. The summed E-state index contributed by atoms with van der Waals surface area (Å²) in [6.07, 6.45) is 0.687. The average Bonchev–Trinajstić information content (AvgIpc) is 2.41. The molecule has 2 atom stereocenters. The molecule has 0 aliphatic carbocycles. The Morgan fingerprint density at radius 1 is 1.40 bits per heavy atom.